The third-order valence-corrected chi connectivity index (χ3v) is 3.70. The fourth-order valence-corrected chi connectivity index (χ4v) is 2.27. The highest BCUT2D eigenvalue weighted by atomic mass is 32.2. The predicted octanol–water partition coefficient (Wildman–Crippen LogP) is 0.0343. The number of amides is 2. The first-order valence-corrected chi connectivity index (χ1v) is 9.29. The molecular formula is C15H23N3O4S. The van der Waals surface area contributed by atoms with Gasteiger partial charge < -0.3 is 10.6 Å². The van der Waals surface area contributed by atoms with Gasteiger partial charge in [-0.15, -0.1) is 0 Å². The summed E-state index contributed by atoms with van der Waals surface area (Å²) in [6.45, 7) is 2.79. The van der Waals surface area contributed by atoms with E-state index in [4.69, 9.17) is 0 Å². The summed E-state index contributed by atoms with van der Waals surface area (Å²) in [4.78, 5) is 23.3. The Bertz CT molecular complexity index is 627. The summed E-state index contributed by atoms with van der Waals surface area (Å²) in [6, 6.07) is 6.82. The van der Waals surface area contributed by atoms with E-state index in [0.29, 0.717) is 25.1 Å². The molecule has 3 N–H and O–H groups in total. The molecule has 2 amide bonds. The largest absolute Gasteiger partial charge is 0.355 e. The second-order valence-corrected chi connectivity index (χ2v) is 6.98. The number of sulfonamides is 1. The molecule has 0 atom stereocenters. The van der Waals surface area contributed by atoms with Gasteiger partial charge in [-0.25, -0.2) is 13.1 Å². The summed E-state index contributed by atoms with van der Waals surface area (Å²) in [5.74, 6) is -0.541. The molecule has 0 aromatic heterocycles. The average molecular weight is 341 g/mol. The lowest BCUT2D eigenvalue weighted by Crippen LogP contribution is -2.37. The van der Waals surface area contributed by atoms with Gasteiger partial charge in [-0.2, -0.15) is 0 Å². The minimum atomic E-state index is -3.19. The average Bonchev–Trinajstić information content (AvgIpc) is 2.50. The first-order valence-electron chi connectivity index (χ1n) is 7.40. The summed E-state index contributed by atoms with van der Waals surface area (Å²) in [5, 5.41) is 5.22. The Kier molecular flexibility index (Phi) is 7.70. The zero-order valence-corrected chi connectivity index (χ0v) is 14.2. The van der Waals surface area contributed by atoms with Gasteiger partial charge in [0.2, 0.25) is 15.9 Å². The van der Waals surface area contributed by atoms with E-state index < -0.39 is 10.0 Å². The molecule has 0 aliphatic rings. The third-order valence-electron chi connectivity index (χ3n) is 2.98. The van der Waals surface area contributed by atoms with Crippen LogP contribution >= 0.6 is 0 Å². The van der Waals surface area contributed by atoms with Crippen molar-refractivity contribution < 1.29 is 18.0 Å². The van der Waals surface area contributed by atoms with Crippen LogP contribution in [0.4, 0.5) is 0 Å². The first kappa shape index (κ1) is 19.1. The molecule has 0 saturated heterocycles. The van der Waals surface area contributed by atoms with Gasteiger partial charge in [-0.3, -0.25) is 9.59 Å². The van der Waals surface area contributed by atoms with Crippen molar-refractivity contribution in [1.82, 2.24) is 15.4 Å². The molecule has 0 spiro atoms. The molecular weight excluding hydrogens is 318 g/mol. The fourth-order valence-electron chi connectivity index (χ4n) is 1.79. The van der Waals surface area contributed by atoms with Crippen LogP contribution in [-0.2, 0) is 21.2 Å². The number of hydrogen-bond donors (Lipinski definition) is 3. The number of carbonyl (C=O) groups is 2. The van der Waals surface area contributed by atoms with Crippen molar-refractivity contribution in [3.05, 3.63) is 35.4 Å². The van der Waals surface area contributed by atoms with E-state index in [2.05, 4.69) is 15.4 Å². The van der Waals surface area contributed by atoms with Crippen LogP contribution in [0.2, 0.25) is 0 Å². The van der Waals surface area contributed by atoms with E-state index in [0.717, 1.165) is 18.2 Å². The van der Waals surface area contributed by atoms with Crippen LogP contribution in [0.5, 0.6) is 0 Å². The summed E-state index contributed by atoms with van der Waals surface area (Å²) >= 11 is 0. The van der Waals surface area contributed by atoms with E-state index in [1.54, 1.807) is 24.3 Å². The normalized spacial score (nSPS) is 11.0. The van der Waals surface area contributed by atoms with E-state index >= 15 is 0 Å². The van der Waals surface area contributed by atoms with Crippen molar-refractivity contribution in [3.8, 4) is 0 Å². The Morgan fingerprint density at radius 2 is 1.70 bits per heavy atom. The van der Waals surface area contributed by atoms with Gasteiger partial charge in [0.15, 0.2) is 0 Å². The van der Waals surface area contributed by atoms with Crippen LogP contribution in [0.25, 0.3) is 0 Å². The van der Waals surface area contributed by atoms with Gasteiger partial charge in [0.25, 0.3) is 5.91 Å². The van der Waals surface area contributed by atoms with E-state index in [9.17, 15) is 18.0 Å². The minimum absolute atomic E-state index is 0.0567. The molecule has 0 saturated carbocycles. The minimum Gasteiger partial charge on any atom is -0.355 e. The zero-order chi connectivity index (χ0) is 17.3. The molecule has 0 bridgehead atoms. The van der Waals surface area contributed by atoms with Crippen molar-refractivity contribution >= 4 is 21.8 Å². The maximum Gasteiger partial charge on any atom is 0.251 e. The Hall–Kier alpha value is -1.93. The van der Waals surface area contributed by atoms with Crippen LogP contribution in [-0.4, -0.2) is 46.1 Å². The Morgan fingerprint density at radius 1 is 1.04 bits per heavy atom. The van der Waals surface area contributed by atoms with Gasteiger partial charge in [-0.05, 0) is 30.5 Å². The maximum absolute atomic E-state index is 11.9. The third kappa shape index (κ3) is 8.32. The van der Waals surface area contributed by atoms with Crippen LogP contribution in [0.1, 0.15) is 29.3 Å². The van der Waals surface area contributed by atoms with Gasteiger partial charge in [0.05, 0.1) is 12.8 Å². The molecule has 0 unspecified atom stereocenters. The number of rotatable bonds is 9. The molecule has 0 aliphatic carbocycles. The van der Waals surface area contributed by atoms with Crippen molar-refractivity contribution in [2.45, 2.75) is 19.8 Å². The lowest BCUT2D eigenvalue weighted by atomic mass is 10.1. The van der Waals surface area contributed by atoms with E-state index in [1.165, 1.54) is 0 Å². The molecule has 0 fully saturated rings. The summed E-state index contributed by atoms with van der Waals surface area (Å²) in [7, 11) is -3.19. The smallest absolute Gasteiger partial charge is 0.251 e. The highest BCUT2D eigenvalue weighted by molar-refractivity contribution is 7.88. The van der Waals surface area contributed by atoms with Gasteiger partial charge in [-0.1, -0.05) is 19.1 Å². The lowest BCUT2D eigenvalue weighted by molar-refractivity contribution is -0.120. The summed E-state index contributed by atoms with van der Waals surface area (Å²) in [6.07, 6.45) is 2.49. The highest BCUT2D eigenvalue weighted by Crippen LogP contribution is 2.05. The number of hydrogen-bond acceptors (Lipinski definition) is 4. The second-order valence-electron chi connectivity index (χ2n) is 5.15. The van der Waals surface area contributed by atoms with Gasteiger partial charge in [0.1, 0.15) is 0 Å². The molecule has 1 aromatic carbocycles. The molecule has 128 valence electrons. The Balaban J connectivity index is 2.43. The molecule has 23 heavy (non-hydrogen) atoms. The topological polar surface area (TPSA) is 104 Å². The van der Waals surface area contributed by atoms with E-state index in [-0.39, 0.29) is 18.4 Å². The standard InChI is InChI=1S/C15H23N3O4S/c1-3-9-16-14(19)11-17-15(20)13-6-4-12(5-7-13)8-10-18-23(2,21)22/h4-7,18H,3,8-11H2,1-2H3,(H,16,19)(H,17,20). The van der Waals surface area contributed by atoms with Crippen LogP contribution in [0.15, 0.2) is 24.3 Å². The highest BCUT2D eigenvalue weighted by Gasteiger charge is 2.08. The second kappa shape index (κ2) is 9.26. The van der Waals surface area contributed by atoms with Crippen LogP contribution in [0, 0.1) is 0 Å². The van der Waals surface area contributed by atoms with Crippen LogP contribution < -0.4 is 15.4 Å². The Labute approximate surface area is 136 Å². The summed E-state index contributed by atoms with van der Waals surface area (Å²) < 4.78 is 24.3. The molecule has 0 aliphatic heterocycles. The number of benzene rings is 1. The summed E-state index contributed by atoms with van der Waals surface area (Å²) in [5.41, 5.74) is 1.37. The first-order chi connectivity index (χ1) is 10.8. The quantitative estimate of drug-likeness (QED) is 0.589. The molecule has 0 heterocycles. The molecule has 1 aromatic rings. The molecule has 0 radical (unpaired) electrons. The SMILES string of the molecule is CCCNC(=O)CNC(=O)c1ccc(CCNS(C)(=O)=O)cc1. The number of carbonyl (C=O) groups excluding carboxylic acids is 2. The van der Waals surface area contributed by atoms with Gasteiger partial charge in [0, 0.05) is 18.7 Å². The van der Waals surface area contributed by atoms with E-state index in [1.807, 2.05) is 6.92 Å². The fraction of sp³-hybridized carbons (Fsp3) is 0.467. The number of nitrogens with one attached hydrogen (secondary N) is 3. The zero-order valence-electron chi connectivity index (χ0n) is 13.4. The predicted molar refractivity (Wildman–Crippen MR) is 88.6 cm³/mol. The van der Waals surface area contributed by atoms with Gasteiger partial charge >= 0.3 is 0 Å². The van der Waals surface area contributed by atoms with Crippen LogP contribution in [0.3, 0.4) is 0 Å². The Morgan fingerprint density at radius 3 is 2.26 bits per heavy atom. The lowest BCUT2D eigenvalue weighted by Gasteiger charge is -2.07. The van der Waals surface area contributed by atoms with Crippen molar-refractivity contribution in [3.63, 3.8) is 0 Å². The van der Waals surface area contributed by atoms with Crippen molar-refractivity contribution in [1.29, 1.82) is 0 Å². The molecule has 7 nitrogen and oxygen atoms in total. The maximum atomic E-state index is 11.9. The molecule has 1 rings (SSSR count). The van der Waals surface area contributed by atoms with Crippen molar-refractivity contribution in [2.24, 2.45) is 0 Å². The monoisotopic (exact) mass is 341 g/mol. The molecule has 8 heteroatoms. The van der Waals surface area contributed by atoms with Crippen molar-refractivity contribution in [2.75, 3.05) is 25.9 Å².